The van der Waals surface area contributed by atoms with Gasteiger partial charge in [0.15, 0.2) is 5.82 Å². The summed E-state index contributed by atoms with van der Waals surface area (Å²) in [6.45, 7) is 2.21. The highest BCUT2D eigenvalue weighted by atomic mass is 79.9. The number of fused-ring (bicyclic) bond motifs is 3. The molecule has 0 bridgehead atoms. The Balaban J connectivity index is 1.32. The van der Waals surface area contributed by atoms with Crippen LogP contribution in [0, 0.1) is 0 Å². The molecule has 6 nitrogen and oxygen atoms in total. The van der Waals surface area contributed by atoms with Crippen LogP contribution in [-0.2, 0) is 23.9 Å². The van der Waals surface area contributed by atoms with Gasteiger partial charge in [-0.25, -0.2) is 0 Å². The first kappa shape index (κ1) is 24.4. The highest BCUT2D eigenvalue weighted by Gasteiger charge is 2.43. The van der Waals surface area contributed by atoms with Gasteiger partial charge >= 0.3 is 6.18 Å². The molecule has 36 heavy (non-hydrogen) atoms. The second-order valence-corrected chi connectivity index (χ2v) is 9.76. The number of ether oxygens (including phenoxy) is 1. The van der Waals surface area contributed by atoms with Gasteiger partial charge < -0.3 is 4.74 Å². The van der Waals surface area contributed by atoms with Gasteiger partial charge in [0, 0.05) is 15.7 Å². The molecule has 0 N–H and O–H groups in total. The highest BCUT2D eigenvalue weighted by molar-refractivity contribution is 9.10. The van der Waals surface area contributed by atoms with E-state index in [4.69, 9.17) is 9.72 Å². The molecule has 5 rings (SSSR count). The van der Waals surface area contributed by atoms with Crippen LogP contribution < -0.4 is 0 Å². The van der Waals surface area contributed by atoms with Gasteiger partial charge in [-0.05, 0) is 55.0 Å². The van der Waals surface area contributed by atoms with Crippen LogP contribution in [0.2, 0.25) is 0 Å². The van der Waals surface area contributed by atoms with Crippen LogP contribution >= 0.6 is 15.9 Å². The van der Waals surface area contributed by atoms with Gasteiger partial charge in [-0.3, -0.25) is 4.98 Å². The Kier molecular flexibility index (Phi) is 6.79. The largest absolute Gasteiger partial charge is 0.470 e. The summed E-state index contributed by atoms with van der Waals surface area (Å²) in [5.74, 6) is -1.06. The number of halogens is 4. The van der Waals surface area contributed by atoms with E-state index in [0.29, 0.717) is 17.7 Å². The fourth-order valence-corrected chi connectivity index (χ4v) is 4.81. The molecule has 0 saturated carbocycles. The van der Waals surface area contributed by atoms with E-state index in [-0.39, 0.29) is 24.2 Å². The quantitative estimate of drug-likeness (QED) is 0.344. The average Bonchev–Trinajstić information content (AvgIpc) is 3.31. The van der Waals surface area contributed by atoms with E-state index in [0.717, 1.165) is 27.7 Å². The SMILES string of the molecule is CC(CCc1cccc(Br)c1)c1cccc(COC2=Nn3c(nnc3C(F)(F)F)C3CC=CC=C23)n1. The number of hydrogen-bond acceptors (Lipinski definition) is 5. The third kappa shape index (κ3) is 5.13. The molecule has 2 aliphatic rings. The smallest absolute Gasteiger partial charge is 0.453 e. The fourth-order valence-electron chi connectivity index (χ4n) is 4.36. The number of nitrogens with zero attached hydrogens (tertiary/aromatic N) is 5. The molecule has 0 saturated heterocycles. The topological polar surface area (TPSA) is 65.2 Å². The number of allylic oxidation sites excluding steroid dienone is 3. The van der Waals surface area contributed by atoms with Crippen LogP contribution in [-0.4, -0.2) is 25.8 Å². The zero-order valence-electron chi connectivity index (χ0n) is 19.4. The molecule has 186 valence electrons. The molecule has 10 heteroatoms. The van der Waals surface area contributed by atoms with Crippen LogP contribution in [0.5, 0.6) is 0 Å². The van der Waals surface area contributed by atoms with Crippen LogP contribution in [0.4, 0.5) is 13.2 Å². The number of pyridine rings is 1. The first-order valence-corrected chi connectivity index (χ1v) is 12.4. The normalized spacial score (nSPS) is 17.6. The fraction of sp³-hybridized carbons (Fsp3) is 0.308. The summed E-state index contributed by atoms with van der Waals surface area (Å²) in [4.78, 5) is 4.75. The van der Waals surface area contributed by atoms with Gasteiger partial charge in [-0.15, -0.1) is 15.3 Å². The molecule has 3 aromatic rings. The van der Waals surface area contributed by atoms with Crippen LogP contribution in [0.1, 0.15) is 60.2 Å². The minimum Gasteiger partial charge on any atom is -0.470 e. The van der Waals surface area contributed by atoms with Gasteiger partial charge in [0.25, 0.3) is 5.82 Å². The standard InChI is InChI=1S/C26H23BrF3N5O/c1-16(12-13-17-6-4-7-18(27)14-17)22-11-5-8-19(31-22)15-36-24-21-10-3-2-9-20(21)23-32-33-25(26(28,29)30)35(23)34-24/h2-8,10-11,14,16,20H,9,12-13,15H2,1H3. The highest BCUT2D eigenvalue weighted by Crippen LogP contribution is 2.38. The molecule has 0 spiro atoms. The van der Waals surface area contributed by atoms with Crippen molar-refractivity contribution in [3.63, 3.8) is 0 Å². The number of hydrogen-bond donors (Lipinski definition) is 0. The summed E-state index contributed by atoms with van der Waals surface area (Å²) >= 11 is 3.51. The zero-order chi connectivity index (χ0) is 25.3. The molecule has 1 aliphatic heterocycles. The Morgan fingerprint density at radius 2 is 2.00 bits per heavy atom. The number of aryl methyl sites for hydroxylation is 1. The van der Waals surface area contributed by atoms with Crippen molar-refractivity contribution in [2.24, 2.45) is 5.10 Å². The monoisotopic (exact) mass is 557 g/mol. The van der Waals surface area contributed by atoms with E-state index < -0.39 is 17.9 Å². The van der Waals surface area contributed by atoms with Gasteiger partial charge in [-0.1, -0.05) is 59.3 Å². The van der Waals surface area contributed by atoms with E-state index in [9.17, 15) is 13.2 Å². The minimum atomic E-state index is -4.67. The van der Waals surface area contributed by atoms with E-state index in [1.165, 1.54) is 5.56 Å². The van der Waals surface area contributed by atoms with Crippen molar-refractivity contribution in [2.75, 3.05) is 0 Å². The Labute approximate surface area is 214 Å². The van der Waals surface area contributed by atoms with Crippen molar-refractivity contribution in [2.45, 2.75) is 50.8 Å². The lowest BCUT2D eigenvalue weighted by atomic mass is 9.90. The van der Waals surface area contributed by atoms with Crippen LogP contribution in [0.3, 0.4) is 0 Å². The lowest BCUT2D eigenvalue weighted by molar-refractivity contribution is -0.147. The van der Waals surface area contributed by atoms with Crippen molar-refractivity contribution in [3.8, 4) is 0 Å². The summed E-state index contributed by atoms with van der Waals surface area (Å²) in [6, 6.07) is 14.0. The molecule has 2 atom stereocenters. The molecule has 3 heterocycles. The summed E-state index contributed by atoms with van der Waals surface area (Å²) in [5.41, 5.74) is 3.56. The van der Waals surface area contributed by atoms with E-state index in [1.807, 2.05) is 42.5 Å². The van der Waals surface area contributed by atoms with Crippen molar-refractivity contribution in [3.05, 3.63) is 99.3 Å². The molecular weight excluding hydrogens is 535 g/mol. The number of benzene rings is 1. The number of rotatable bonds is 6. The van der Waals surface area contributed by atoms with Gasteiger partial charge in [0.1, 0.15) is 6.61 Å². The van der Waals surface area contributed by atoms with E-state index in [1.54, 1.807) is 6.08 Å². The molecule has 0 amide bonds. The molecule has 1 aliphatic carbocycles. The Morgan fingerprint density at radius 3 is 2.81 bits per heavy atom. The van der Waals surface area contributed by atoms with Crippen LogP contribution in [0.25, 0.3) is 0 Å². The lowest BCUT2D eigenvalue weighted by Gasteiger charge is -2.26. The van der Waals surface area contributed by atoms with Gasteiger partial charge in [0.2, 0.25) is 5.90 Å². The third-order valence-corrected chi connectivity index (χ3v) is 6.77. The lowest BCUT2D eigenvalue weighted by Crippen LogP contribution is -2.27. The molecule has 2 aromatic heterocycles. The van der Waals surface area contributed by atoms with Crippen molar-refractivity contribution in [1.29, 1.82) is 0 Å². The maximum Gasteiger partial charge on any atom is 0.453 e. The first-order chi connectivity index (χ1) is 17.3. The second-order valence-electron chi connectivity index (χ2n) is 8.85. The van der Waals surface area contributed by atoms with Crippen LogP contribution in [0.15, 0.2) is 75.8 Å². The first-order valence-electron chi connectivity index (χ1n) is 11.6. The van der Waals surface area contributed by atoms with Gasteiger partial charge in [-0.2, -0.15) is 17.8 Å². The molecule has 2 unspecified atom stereocenters. The molecular formula is C26H23BrF3N5O. The minimum absolute atomic E-state index is 0.0810. The Bertz CT molecular complexity index is 1360. The second kappa shape index (κ2) is 10.0. The number of aromatic nitrogens is 4. The van der Waals surface area contributed by atoms with Crippen molar-refractivity contribution >= 4 is 21.8 Å². The maximum atomic E-state index is 13.4. The molecule has 0 radical (unpaired) electrons. The predicted molar refractivity (Wildman–Crippen MR) is 132 cm³/mol. The van der Waals surface area contributed by atoms with Crippen molar-refractivity contribution in [1.82, 2.24) is 19.9 Å². The summed E-state index contributed by atoms with van der Waals surface area (Å²) in [7, 11) is 0. The summed E-state index contributed by atoms with van der Waals surface area (Å²) in [5, 5.41) is 11.3. The van der Waals surface area contributed by atoms with Crippen molar-refractivity contribution < 1.29 is 17.9 Å². The summed E-state index contributed by atoms with van der Waals surface area (Å²) in [6.07, 6.45) is 3.19. The average molecular weight is 558 g/mol. The number of alkyl halides is 3. The predicted octanol–water partition coefficient (Wildman–Crippen LogP) is 6.55. The van der Waals surface area contributed by atoms with Gasteiger partial charge in [0.05, 0.1) is 11.6 Å². The summed E-state index contributed by atoms with van der Waals surface area (Å²) < 4.78 is 48.1. The Morgan fingerprint density at radius 1 is 1.17 bits per heavy atom. The Hall–Kier alpha value is -3.27. The third-order valence-electron chi connectivity index (χ3n) is 6.27. The molecule has 1 aromatic carbocycles. The zero-order valence-corrected chi connectivity index (χ0v) is 21.0. The van der Waals surface area contributed by atoms with E-state index >= 15 is 0 Å². The maximum absolute atomic E-state index is 13.4. The van der Waals surface area contributed by atoms with E-state index in [2.05, 4.69) is 50.3 Å². The molecule has 0 fully saturated rings.